The lowest BCUT2D eigenvalue weighted by atomic mass is 9.55. The van der Waals surface area contributed by atoms with Gasteiger partial charge in [-0.2, -0.15) is 5.11 Å². The fourth-order valence-corrected chi connectivity index (χ4v) is 8.53. The highest BCUT2D eigenvalue weighted by molar-refractivity contribution is 6.25. The minimum Gasteiger partial charge on any atom is -0.510 e. The second kappa shape index (κ2) is 16.3. The number of hydrogen-bond acceptors (Lipinski definition) is 15. The lowest BCUT2D eigenvalue weighted by Gasteiger charge is -2.53. The normalized spacial score (nSPS) is 26.4. The van der Waals surface area contributed by atoms with Gasteiger partial charge in [-0.1, -0.05) is 33.6 Å². The summed E-state index contributed by atoms with van der Waals surface area (Å²) in [7, 11) is 3.04. The first-order chi connectivity index (χ1) is 26.7. The molecule has 6 atom stereocenters. The number of anilines is 1. The van der Waals surface area contributed by atoms with E-state index in [0.29, 0.717) is 56.7 Å². The van der Waals surface area contributed by atoms with Crippen molar-refractivity contribution in [3.8, 4) is 17.2 Å². The summed E-state index contributed by atoms with van der Waals surface area (Å²) in [5.41, 5.74) is -2.80. The van der Waals surface area contributed by atoms with Gasteiger partial charge < -0.3 is 44.6 Å². The van der Waals surface area contributed by atoms with E-state index < -0.39 is 81.3 Å². The zero-order valence-corrected chi connectivity index (χ0v) is 32.7. The van der Waals surface area contributed by atoms with Gasteiger partial charge in [0.1, 0.15) is 40.0 Å². The number of morpholine rings is 1. The molecule has 2 aromatic carbocycles. The van der Waals surface area contributed by atoms with Crippen LogP contribution in [-0.4, -0.2) is 119 Å². The number of carbonyl (C=O) groups is 3. The number of hydrogen-bond donors (Lipinski definition) is 5. The van der Waals surface area contributed by atoms with E-state index in [1.54, 1.807) is 13.0 Å². The zero-order chi connectivity index (χ0) is 40.6. The highest BCUT2D eigenvalue weighted by Gasteiger charge is 2.67. The molecule has 1 aliphatic heterocycles. The predicted octanol–water partition coefficient (Wildman–Crippen LogP) is 5.37. The maximum atomic E-state index is 14.4. The van der Waals surface area contributed by atoms with Crippen LogP contribution >= 0.6 is 0 Å². The molecule has 0 bridgehead atoms. The lowest BCUT2D eigenvalue weighted by molar-refractivity contribution is -0.162. The molecule has 0 aromatic heterocycles. The van der Waals surface area contributed by atoms with Gasteiger partial charge in [0.25, 0.3) is 0 Å². The molecule has 302 valence electrons. The van der Waals surface area contributed by atoms with E-state index in [4.69, 9.17) is 14.2 Å². The molecule has 1 heterocycles. The number of nitrogens with zero attached hydrogens (tertiary/aromatic N) is 4. The Labute approximate surface area is 325 Å². The van der Waals surface area contributed by atoms with Crippen molar-refractivity contribution in [3.05, 3.63) is 58.1 Å². The van der Waals surface area contributed by atoms with E-state index in [1.807, 2.05) is 6.07 Å². The van der Waals surface area contributed by atoms with Crippen LogP contribution in [0.3, 0.4) is 0 Å². The summed E-state index contributed by atoms with van der Waals surface area (Å²) in [5.74, 6) is -7.93. The van der Waals surface area contributed by atoms with Crippen molar-refractivity contribution in [2.24, 2.45) is 22.1 Å². The summed E-state index contributed by atoms with van der Waals surface area (Å²) in [4.78, 5) is 44.4. The number of likely N-dealkylation sites (N-methyl/N-ethyl adjacent to an activating group) is 1. The first kappa shape index (κ1) is 40.8. The third-order valence-electron chi connectivity index (χ3n) is 11.4. The van der Waals surface area contributed by atoms with Crippen LogP contribution in [0.1, 0.15) is 75.2 Å². The maximum absolute atomic E-state index is 14.4. The number of fused-ring (bicyclic) bond motifs is 3. The van der Waals surface area contributed by atoms with Gasteiger partial charge in [-0.15, -0.1) is 5.11 Å². The van der Waals surface area contributed by atoms with Crippen molar-refractivity contribution in [2.75, 3.05) is 58.5 Å². The molecule has 56 heavy (non-hydrogen) atoms. The van der Waals surface area contributed by atoms with Crippen LogP contribution in [0.4, 0.5) is 17.1 Å². The van der Waals surface area contributed by atoms with E-state index in [2.05, 4.69) is 29.0 Å². The fourth-order valence-electron chi connectivity index (χ4n) is 8.53. The molecule has 4 aliphatic rings. The van der Waals surface area contributed by atoms with E-state index in [-0.39, 0.29) is 16.8 Å². The van der Waals surface area contributed by atoms with Crippen molar-refractivity contribution in [2.45, 2.75) is 77.0 Å². The smallest absolute Gasteiger partial charge is 0.209 e. The molecule has 2 aromatic rings. The molecule has 1 saturated heterocycles. The summed E-state index contributed by atoms with van der Waals surface area (Å²) < 4.78 is 18.1. The minimum atomic E-state index is -2.94. The Kier molecular flexibility index (Phi) is 11.9. The maximum Gasteiger partial charge on any atom is 0.209 e. The Hall–Kier alpha value is -4.83. The molecule has 1 fully saturated rings. The number of ether oxygens (including phenoxy) is 3. The van der Waals surface area contributed by atoms with Gasteiger partial charge >= 0.3 is 0 Å². The molecule has 0 radical (unpaired) electrons. The number of azo groups is 1. The van der Waals surface area contributed by atoms with E-state index >= 15 is 0 Å². The zero-order valence-electron chi connectivity index (χ0n) is 32.7. The largest absolute Gasteiger partial charge is 0.510 e. The molecule has 3 aliphatic carbocycles. The number of aliphatic hydroxyl groups excluding tert-OH is 3. The minimum absolute atomic E-state index is 0.181. The van der Waals surface area contributed by atoms with Crippen molar-refractivity contribution >= 4 is 34.4 Å². The Morgan fingerprint density at radius 2 is 1.61 bits per heavy atom. The lowest BCUT2D eigenvalue weighted by Crippen LogP contribution is -2.68. The Morgan fingerprint density at radius 1 is 0.982 bits per heavy atom. The number of ketones is 3. The highest BCUT2D eigenvalue weighted by Crippen LogP contribution is 2.57. The number of phenolic OH excluding ortho intramolecular Hbond substituents is 1. The summed E-state index contributed by atoms with van der Waals surface area (Å²) in [6, 6.07) is 5.10. The quantitative estimate of drug-likeness (QED) is 0.0986. The SMILES string of the molecule is CCCCOc1cc(N2CCOCC2)c(OCCCC)cc1N=Nc1ccc(O)c2c1C(C)[C@@H]1C(=C(O)[C@]3(O)C(=O)C(C(C)=O)=C(O)[C@@H](N(C)C)[C@@H]3[C@H]1O)C2=O. The van der Waals surface area contributed by atoms with Crippen LogP contribution in [0, 0.1) is 11.8 Å². The Bertz CT molecular complexity index is 1990. The van der Waals surface area contributed by atoms with Crippen molar-refractivity contribution in [1.82, 2.24) is 4.90 Å². The Morgan fingerprint density at radius 3 is 2.21 bits per heavy atom. The van der Waals surface area contributed by atoms with Crippen LogP contribution in [-0.2, 0) is 14.3 Å². The third-order valence-corrected chi connectivity index (χ3v) is 11.4. The van der Waals surface area contributed by atoms with Crippen LogP contribution in [0.2, 0.25) is 0 Å². The molecule has 15 nitrogen and oxygen atoms in total. The van der Waals surface area contributed by atoms with E-state index in [9.17, 15) is 39.9 Å². The first-order valence-electron chi connectivity index (χ1n) is 19.3. The number of aliphatic hydroxyl groups is 4. The van der Waals surface area contributed by atoms with Gasteiger partial charge in [0.2, 0.25) is 5.78 Å². The molecular weight excluding hydrogens is 724 g/mol. The number of carbonyl (C=O) groups excluding carboxylic acids is 3. The van der Waals surface area contributed by atoms with Gasteiger partial charge in [0.05, 0.1) is 61.4 Å². The number of phenols is 1. The van der Waals surface area contributed by atoms with E-state index in [0.717, 1.165) is 38.3 Å². The number of rotatable bonds is 13. The Balaban J connectivity index is 1.48. The number of unbranched alkanes of at least 4 members (excludes halogenated alkanes) is 2. The van der Waals surface area contributed by atoms with Gasteiger partial charge in [-0.3, -0.25) is 19.3 Å². The van der Waals surface area contributed by atoms with Gasteiger partial charge in [-0.25, -0.2) is 0 Å². The van der Waals surface area contributed by atoms with E-state index in [1.165, 1.54) is 31.1 Å². The average Bonchev–Trinajstić information content (AvgIpc) is 3.16. The number of aromatic hydroxyl groups is 1. The van der Waals surface area contributed by atoms with Crippen LogP contribution < -0.4 is 14.4 Å². The third kappa shape index (κ3) is 6.84. The average molecular weight is 777 g/mol. The second-order valence-corrected chi connectivity index (χ2v) is 15.1. The standard InChI is InChI=1S/C41H52N4O11/c1-7-9-15-55-27-20-25(45-13-17-54-18-14-45)28(56-16-10-8-2)19-24(27)43-42-23-11-12-26(47)32-29(23)21(3)30-33(36(32)48)40(52)41(53)34(37(30)49)35(44(5)6)38(50)31(22(4)46)39(41)51/h11-12,19-21,30,34-35,37,47,49-50,52-53H,7-10,13-18H2,1-6H3/t21?,30-,34-,35+,37+,41-/m1/s1. The van der Waals surface area contributed by atoms with Crippen molar-refractivity contribution in [3.63, 3.8) is 0 Å². The van der Waals surface area contributed by atoms with Crippen molar-refractivity contribution in [1.29, 1.82) is 0 Å². The number of benzene rings is 2. The first-order valence-corrected chi connectivity index (χ1v) is 19.3. The summed E-state index contributed by atoms with van der Waals surface area (Å²) in [6.45, 7) is 10.2. The monoisotopic (exact) mass is 776 g/mol. The summed E-state index contributed by atoms with van der Waals surface area (Å²) in [6.07, 6.45) is 1.77. The highest BCUT2D eigenvalue weighted by atomic mass is 16.5. The van der Waals surface area contributed by atoms with Crippen LogP contribution in [0.5, 0.6) is 17.2 Å². The fraction of sp³-hybridized carbons (Fsp3) is 0.537. The van der Waals surface area contributed by atoms with Crippen LogP contribution in [0.25, 0.3) is 0 Å². The molecular formula is C41H52N4O11. The van der Waals surface area contributed by atoms with Crippen molar-refractivity contribution < 1.29 is 54.1 Å². The molecule has 15 heteroatoms. The summed E-state index contributed by atoms with van der Waals surface area (Å²) >= 11 is 0. The number of Topliss-reactive ketones (excluding diaryl/α,β-unsaturated/α-hetero) is 3. The molecule has 0 saturated carbocycles. The van der Waals surface area contributed by atoms with Crippen LogP contribution in [0.15, 0.2) is 57.2 Å². The summed E-state index contributed by atoms with van der Waals surface area (Å²) in [5, 5.41) is 67.5. The molecule has 6 rings (SSSR count). The van der Waals surface area contributed by atoms with Gasteiger partial charge in [0.15, 0.2) is 17.2 Å². The second-order valence-electron chi connectivity index (χ2n) is 15.1. The predicted molar refractivity (Wildman–Crippen MR) is 206 cm³/mol. The van der Waals surface area contributed by atoms with Gasteiger partial charge in [0, 0.05) is 36.7 Å². The molecule has 0 spiro atoms. The topological polar surface area (TPSA) is 211 Å². The molecule has 1 unspecified atom stereocenters. The molecule has 0 amide bonds. The van der Waals surface area contributed by atoms with Gasteiger partial charge in [-0.05, 0) is 57.5 Å². The molecule has 5 N–H and O–H groups in total.